The van der Waals surface area contributed by atoms with Crippen molar-refractivity contribution in [1.29, 1.82) is 0 Å². The van der Waals surface area contributed by atoms with E-state index < -0.39 is 0 Å². The molecule has 0 heterocycles. The first-order valence-electron chi connectivity index (χ1n) is 15.2. The van der Waals surface area contributed by atoms with Gasteiger partial charge in [-0.1, -0.05) is 121 Å². The minimum Gasteiger partial charge on any atom is -0.507 e. The zero-order valence-electron chi connectivity index (χ0n) is 24.8. The van der Waals surface area contributed by atoms with E-state index in [9.17, 15) is 10.2 Å². The molecule has 0 unspecified atom stereocenters. The van der Waals surface area contributed by atoms with Crippen LogP contribution in [0, 0.1) is 0 Å². The van der Waals surface area contributed by atoms with Gasteiger partial charge in [0.1, 0.15) is 11.5 Å². The van der Waals surface area contributed by atoms with Crippen LogP contribution < -0.4 is 0 Å². The lowest BCUT2D eigenvalue weighted by Crippen LogP contribution is -1.88. The molecule has 8 aromatic carbocycles. The van der Waals surface area contributed by atoms with Crippen LogP contribution in [0.1, 0.15) is 11.1 Å². The Balaban J connectivity index is 1.22. The fourth-order valence-corrected chi connectivity index (χ4v) is 6.37. The van der Waals surface area contributed by atoms with Crippen molar-refractivity contribution in [2.24, 2.45) is 9.98 Å². The van der Waals surface area contributed by atoms with Crippen LogP contribution in [0.3, 0.4) is 0 Å². The molecule has 0 radical (unpaired) electrons. The number of hydrogen-bond donors (Lipinski definition) is 2. The number of hydrogen-bond acceptors (Lipinski definition) is 4. The molecule has 8 aromatic rings. The van der Waals surface area contributed by atoms with Crippen LogP contribution in [0.2, 0.25) is 0 Å². The van der Waals surface area contributed by atoms with E-state index in [1.165, 1.54) is 0 Å². The number of phenols is 2. The van der Waals surface area contributed by atoms with Gasteiger partial charge in [-0.15, -0.1) is 0 Å². The second-order valence-electron chi connectivity index (χ2n) is 11.3. The van der Waals surface area contributed by atoms with E-state index in [0.29, 0.717) is 11.1 Å². The van der Waals surface area contributed by atoms with Crippen LogP contribution in [0.25, 0.3) is 54.2 Å². The quantitative estimate of drug-likeness (QED) is 0.195. The molecule has 8 rings (SSSR count). The van der Waals surface area contributed by atoms with Gasteiger partial charge in [0.2, 0.25) is 0 Å². The van der Waals surface area contributed by atoms with Gasteiger partial charge in [-0.2, -0.15) is 0 Å². The highest BCUT2D eigenvalue weighted by Crippen LogP contribution is 2.40. The number of fused-ring (bicyclic) bond motifs is 4. The molecule has 0 aromatic heterocycles. The molecule has 0 saturated heterocycles. The SMILES string of the molecule is Oc1ccc2ccccc2c1C=Nc1ccc(-c2ccc(N=Cc3c(O)ccc4ccccc34)c3ccccc23)c2ccccc12. The van der Waals surface area contributed by atoms with Crippen molar-refractivity contribution in [2.75, 3.05) is 0 Å². The summed E-state index contributed by atoms with van der Waals surface area (Å²) < 4.78 is 0. The van der Waals surface area contributed by atoms with Gasteiger partial charge < -0.3 is 10.2 Å². The van der Waals surface area contributed by atoms with Gasteiger partial charge in [-0.05, 0) is 67.7 Å². The summed E-state index contributed by atoms with van der Waals surface area (Å²) in [4.78, 5) is 9.77. The lowest BCUT2D eigenvalue weighted by Gasteiger charge is -2.13. The highest BCUT2D eigenvalue weighted by molar-refractivity contribution is 6.12. The minimum atomic E-state index is 0.202. The lowest BCUT2D eigenvalue weighted by molar-refractivity contribution is 0.475. The highest BCUT2D eigenvalue weighted by atomic mass is 16.3. The lowest BCUT2D eigenvalue weighted by atomic mass is 9.92. The average molecular weight is 593 g/mol. The van der Waals surface area contributed by atoms with Gasteiger partial charge in [0.05, 0.1) is 11.4 Å². The van der Waals surface area contributed by atoms with E-state index in [2.05, 4.69) is 36.4 Å². The van der Waals surface area contributed by atoms with Gasteiger partial charge in [0.15, 0.2) is 0 Å². The second-order valence-corrected chi connectivity index (χ2v) is 11.3. The number of benzene rings is 8. The van der Waals surface area contributed by atoms with Crippen molar-refractivity contribution in [3.63, 3.8) is 0 Å². The summed E-state index contributed by atoms with van der Waals surface area (Å²) in [6.45, 7) is 0. The van der Waals surface area contributed by atoms with Crippen molar-refractivity contribution >= 4 is 66.9 Å². The van der Waals surface area contributed by atoms with E-state index in [1.54, 1.807) is 24.6 Å². The third kappa shape index (κ3) is 4.73. The summed E-state index contributed by atoms with van der Waals surface area (Å²) >= 11 is 0. The van der Waals surface area contributed by atoms with Crippen molar-refractivity contribution in [3.05, 3.63) is 157 Å². The van der Waals surface area contributed by atoms with Crippen LogP contribution in [0.5, 0.6) is 11.5 Å². The van der Waals surface area contributed by atoms with Crippen LogP contribution in [-0.2, 0) is 0 Å². The third-order valence-electron chi connectivity index (χ3n) is 8.65. The van der Waals surface area contributed by atoms with E-state index in [-0.39, 0.29) is 11.5 Å². The molecule has 0 bridgehead atoms. The maximum atomic E-state index is 10.7. The first kappa shape index (κ1) is 27.3. The molecule has 46 heavy (non-hydrogen) atoms. The molecule has 0 amide bonds. The number of aliphatic imine (C=N–C) groups is 2. The zero-order chi connectivity index (χ0) is 31.0. The van der Waals surface area contributed by atoms with E-state index >= 15 is 0 Å². The maximum absolute atomic E-state index is 10.7. The normalized spacial score (nSPS) is 11.9. The first-order chi connectivity index (χ1) is 22.7. The van der Waals surface area contributed by atoms with Gasteiger partial charge in [-0.25, -0.2) is 0 Å². The van der Waals surface area contributed by atoms with Gasteiger partial charge >= 0.3 is 0 Å². The summed E-state index contributed by atoms with van der Waals surface area (Å²) in [6.07, 6.45) is 3.52. The largest absolute Gasteiger partial charge is 0.507 e. The van der Waals surface area contributed by atoms with Crippen LogP contribution >= 0.6 is 0 Å². The molecule has 0 atom stereocenters. The van der Waals surface area contributed by atoms with E-state index in [4.69, 9.17) is 9.98 Å². The molecular formula is C42H28N2O2. The predicted molar refractivity (Wildman–Crippen MR) is 193 cm³/mol. The topological polar surface area (TPSA) is 65.2 Å². The Morgan fingerprint density at radius 3 is 1.15 bits per heavy atom. The Kier molecular flexibility index (Phi) is 6.73. The Morgan fingerprint density at radius 1 is 0.348 bits per heavy atom. The maximum Gasteiger partial charge on any atom is 0.124 e. The summed E-state index contributed by atoms with van der Waals surface area (Å²) in [6, 6.07) is 48.2. The predicted octanol–water partition coefficient (Wildman–Crippen LogP) is 10.9. The Bertz CT molecular complexity index is 2340. The van der Waals surface area contributed by atoms with Crippen LogP contribution in [0.15, 0.2) is 156 Å². The number of aromatic hydroxyl groups is 2. The Morgan fingerprint density at radius 2 is 0.717 bits per heavy atom. The molecule has 2 N–H and O–H groups in total. The molecule has 0 spiro atoms. The fourth-order valence-electron chi connectivity index (χ4n) is 6.37. The second kappa shape index (κ2) is 11.3. The molecular weight excluding hydrogens is 564 g/mol. The molecule has 0 aliphatic carbocycles. The smallest absolute Gasteiger partial charge is 0.124 e. The summed E-state index contributed by atoms with van der Waals surface area (Å²) in [5, 5.41) is 29.6. The first-order valence-corrected chi connectivity index (χ1v) is 15.2. The van der Waals surface area contributed by atoms with Crippen molar-refractivity contribution < 1.29 is 10.2 Å². The molecule has 0 saturated carbocycles. The van der Waals surface area contributed by atoms with E-state index in [0.717, 1.165) is 65.6 Å². The summed E-state index contributed by atoms with van der Waals surface area (Å²) in [5.74, 6) is 0.404. The molecule has 4 heteroatoms. The summed E-state index contributed by atoms with van der Waals surface area (Å²) in [5.41, 5.74) is 5.25. The zero-order valence-corrected chi connectivity index (χ0v) is 24.8. The average Bonchev–Trinajstić information content (AvgIpc) is 3.11. The Labute approximate surface area is 265 Å². The monoisotopic (exact) mass is 592 g/mol. The standard InChI is InChI=1S/C42H28N2O2/c45-41-23-17-27-9-1-3-11-29(27)37(41)25-43-39-21-19-33(31-13-5-7-15-35(31)39)34-20-22-40(36-16-8-6-14-32(34)36)44-26-38-30-12-4-2-10-28(30)18-24-42(38)46/h1-26,45-46H. The van der Waals surface area contributed by atoms with Crippen LogP contribution in [-0.4, -0.2) is 22.6 Å². The van der Waals surface area contributed by atoms with E-state index in [1.807, 2.05) is 97.1 Å². The summed E-state index contributed by atoms with van der Waals surface area (Å²) in [7, 11) is 0. The highest BCUT2D eigenvalue weighted by Gasteiger charge is 2.13. The molecule has 0 fully saturated rings. The number of nitrogens with zero attached hydrogens (tertiary/aromatic N) is 2. The molecule has 0 aliphatic heterocycles. The number of rotatable bonds is 5. The fraction of sp³-hybridized carbons (Fsp3) is 0. The van der Waals surface area contributed by atoms with Gasteiger partial charge in [0, 0.05) is 34.3 Å². The molecule has 0 aliphatic rings. The molecule has 218 valence electrons. The van der Waals surface area contributed by atoms with Crippen molar-refractivity contribution in [1.82, 2.24) is 0 Å². The third-order valence-corrected chi connectivity index (χ3v) is 8.65. The van der Waals surface area contributed by atoms with Crippen LogP contribution in [0.4, 0.5) is 11.4 Å². The van der Waals surface area contributed by atoms with Crippen molar-refractivity contribution in [3.8, 4) is 22.6 Å². The van der Waals surface area contributed by atoms with Gasteiger partial charge in [0.25, 0.3) is 0 Å². The molecule has 4 nitrogen and oxygen atoms in total. The number of phenolic OH excluding ortho intramolecular Hbond substituents is 2. The van der Waals surface area contributed by atoms with Crippen molar-refractivity contribution in [2.45, 2.75) is 0 Å². The van der Waals surface area contributed by atoms with Gasteiger partial charge in [-0.3, -0.25) is 9.98 Å². The Hall–Kier alpha value is -6.26. The minimum absolute atomic E-state index is 0.202.